The lowest BCUT2D eigenvalue weighted by Gasteiger charge is -2.29. The zero-order valence-corrected chi connectivity index (χ0v) is 17.2. The first-order valence-corrected chi connectivity index (χ1v) is 9.71. The summed E-state index contributed by atoms with van der Waals surface area (Å²) >= 11 is 6.24. The fourth-order valence-corrected chi connectivity index (χ4v) is 2.72. The number of ether oxygens (including phenoxy) is 3. The first-order chi connectivity index (χ1) is 12.5. The van der Waals surface area contributed by atoms with Crippen LogP contribution in [0.1, 0.15) is 52.9 Å². The van der Waals surface area contributed by atoms with Gasteiger partial charge in [0.1, 0.15) is 18.0 Å². The van der Waals surface area contributed by atoms with Gasteiger partial charge in [0.05, 0.1) is 11.6 Å². The van der Waals surface area contributed by atoms with Gasteiger partial charge in [0.25, 0.3) is 5.91 Å². The Balaban J connectivity index is 2.76. The molecule has 0 saturated carbocycles. The van der Waals surface area contributed by atoms with Crippen LogP contribution in [0.4, 0.5) is 5.69 Å². The van der Waals surface area contributed by atoms with Crippen LogP contribution < -0.4 is 10.1 Å². The van der Waals surface area contributed by atoms with E-state index >= 15 is 0 Å². The second kappa shape index (κ2) is 12.2. The van der Waals surface area contributed by atoms with Gasteiger partial charge in [0.2, 0.25) is 0 Å². The molecule has 6 heteroatoms. The van der Waals surface area contributed by atoms with E-state index in [1.165, 1.54) is 0 Å². The van der Waals surface area contributed by atoms with E-state index in [9.17, 15) is 4.79 Å². The Kier molecular flexibility index (Phi) is 10.6. The molecule has 26 heavy (non-hydrogen) atoms. The Bertz CT molecular complexity index is 553. The number of carbonyl (C=O) groups excluding carboxylic acids is 1. The lowest BCUT2D eigenvalue weighted by Crippen LogP contribution is -2.43. The van der Waals surface area contributed by atoms with Crippen LogP contribution in [0.3, 0.4) is 0 Å². The van der Waals surface area contributed by atoms with Crippen molar-refractivity contribution in [1.82, 2.24) is 0 Å². The standard InChI is InChI=1S/C20H32ClNO4/c1-5-7-8-11-20(3,26-12-6-2)19(23)22-16-9-10-18(17(21)15-16)25-14-13-24-4/h9-10,15H,5-8,11-14H2,1-4H3,(H,22,23)/t20-/m1/s1. The Morgan fingerprint density at radius 2 is 1.92 bits per heavy atom. The number of benzene rings is 1. The number of rotatable bonds is 13. The van der Waals surface area contributed by atoms with Crippen molar-refractivity contribution in [2.75, 3.05) is 32.2 Å². The second-order valence-corrected chi connectivity index (χ2v) is 6.88. The SMILES string of the molecule is CCCCC[C@@](C)(OCCC)C(=O)Nc1ccc(OCCOC)c(Cl)c1. The minimum Gasteiger partial charge on any atom is -0.490 e. The minimum atomic E-state index is -0.842. The molecule has 0 unspecified atom stereocenters. The Morgan fingerprint density at radius 1 is 1.15 bits per heavy atom. The fraction of sp³-hybridized carbons (Fsp3) is 0.650. The summed E-state index contributed by atoms with van der Waals surface area (Å²) in [5, 5.41) is 3.37. The van der Waals surface area contributed by atoms with Crippen molar-refractivity contribution >= 4 is 23.2 Å². The predicted molar refractivity (Wildman–Crippen MR) is 106 cm³/mol. The van der Waals surface area contributed by atoms with Crippen LogP contribution in [0.25, 0.3) is 0 Å². The highest BCUT2D eigenvalue weighted by Gasteiger charge is 2.33. The molecule has 5 nitrogen and oxygen atoms in total. The molecule has 0 radical (unpaired) electrons. The van der Waals surface area contributed by atoms with Gasteiger partial charge in [-0.05, 0) is 38.0 Å². The van der Waals surface area contributed by atoms with E-state index in [1.807, 2.05) is 13.8 Å². The number of anilines is 1. The van der Waals surface area contributed by atoms with Gasteiger partial charge in [0.15, 0.2) is 0 Å². The predicted octanol–water partition coefficient (Wildman–Crippen LogP) is 5.07. The maximum absolute atomic E-state index is 12.8. The monoisotopic (exact) mass is 385 g/mol. The zero-order valence-electron chi connectivity index (χ0n) is 16.4. The lowest BCUT2D eigenvalue weighted by molar-refractivity contribution is -0.140. The molecule has 1 amide bonds. The summed E-state index contributed by atoms with van der Waals surface area (Å²) in [5.74, 6) is 0.417. The molecule has 0 bridgehead atoms. The first-order valence-electron chi connectivity index (χ1n) is 9.33. The molecule has 0 aliphatic rings. The number of halogens is 1. The van der Waals surface area contributed by atoms with Gasteiger partial charge in [-0.1, -0.05) is 44.7 Å². The summed E-state index contributed by atoms with van der Waals surface area (Å²) in [6.45, 7) is 7.50. The third kappa shape index (κ3) is 7.52. The molecule has 0 fully saturated rings. The molecule has 1 aromatic carbocycles. The molecule has 0 aromatic heterocycles. The van der Waals surface area contributed by atoms with E-state index < -0.39 is 5.60 Å². The number of unbranched alkanes of at least 4 members (excludes halogenated alkanes) is 2. The number of hydrogen-bond acceptors (Lipinski definition) is 4. The molecule has 0 heterocycles. The highest BCUT2D eigenvalue weighted by molar-refractivity contribution is 6.32. The van der Waals surface area contributed by atoms with Crippen LogP contribution >= 0.6 is 11.6 Å². The smallest absolute Gasteiger partial charge is 0.256 e. The van der Waals surface area contributed by atoms with Crippen molar-refractivity contribution in [3.8, 4) is 5.75 Å². The minimum absolute atomic E-state index is 0.147. The van der Waals surface area contributed by atoms with Crippen molar-refractivity contribution in [3.63, 3.8) is 0 Å². The molecule has 0 saturated heterocycles. The number of hydrogen-bond donors (Lipinski definition) is 1. The molecule has 1 N–H and O–H groups in total. The maximum atomic E-state index is 12.8. The lowest BCUT2D eigenvalue weighted by atomic mass is 9.96. The highest BCUT2D eigenvalue weighted by atomic mass is 35.5. The number of nitrogens with one attached hydrogen (secondary N) is 1. The quantitative estimate of drug-likeness (QED) is 0.481. The van der Waals surface area contributed by atoms with Crippen LogP contribution in [0.2, 0.25) is 5.02 Å². The van der Waals surface area contributed by atoms with Crippen molar-refractivity contribution in [3.05, 3.63) is 23.2 Å². The highest BCUT2D eigenvalue weighted by Crippen LogP contribution is 2.29. The Labute approximate surface area is 162 Å². The average molecular weight is 386 g/mol. The van der Waals surface area contributed by atoms with Gasteiger partial charge >= 0.3 is 0 Å². The Hall–Kier alpha value is -1.30. The van der Waals surface area contributed by atoms with E-state index in [2.05, 4.69) is 12.2 Å². The zero-order chi connectivity index (χ0) is 19.4. The van der Waals surface area contributed by atoms with Crippen molar-refractivity contribution in [2.24, 2.45) is 0 Å². The van der Waals surface area contributed by atoms with Gasteiger partial charge in [0, 0.05) is 19.4 Å². The molecule has 1 rings (SSSR count). The largest absolute Gasteiger partial charge is 0.490 e. The van der Waals surface area contributed by atoms with Crippen molar-refractivity contribution < 1.29 is 19.0 Å². The van der Waals surface area contributed by atoms with Gasteiger partial charge < -0.3 is 19.5 Å². The van der Waals surface area contributed by atoms with Crippen LogP contribution in [0, 0.1) is 0 Å². The summed E-state index contributed by atoms with van der Waals surface area (Å²) in [6.07, 6.45) is 4.70. The third-order valence-corrected chi connectivity index (χ3v) is 4.39. The van der Waals surface area contributed by atoms with Crippen LogP contribution in [-0.2, 0) is 14.3 Å². The Morgan fingerprint density at radius 3 is 2.54 bits per heavy atom. The third-order valence-electron chi connectivity index (χ3n) is 4.10. The number of carbonyl (C=O) groups is 1. The number of amides is 1. The molecule has 0 aliphatic carbocycles. The van der Waals surface area contributed by atoms with E-state index in [-0.39, 0.29) is 5.91 Å². The van der Waals surface area contributed by atoms with Gasteiger partial charge in [-0.3, -0.25) is 4.79 Å². The van der Waals surface area contributed by atoms with Gasteiger partial charge in [-0.2, -0.15) is 0 Å². The maximum Gasteiger partial charge on any atom is 0.256 e. The molecule has 0 spiro atoms. The van der Waals surface area contributed by atoms with Crippen molar-refractivity contribution in [1.29, 1.82) is 0 Å². The van der Waals surface area contributed by atoms with Gasteiger partial charge in [-0.15, -0.1) is 0 Å². The molecular weight excluding hydrogens is 354 g/mol. The summed E-state index contributed by atoms with van der Waals surface area (Å²) in [5.41, 5.74) is -0.216. The van der Waals surface area contributed by atoms with E-state index in [0.29, 0.717) is 42.7 Å². The molecule has 0 aliphatic heterocycles. The summed E-state index contributed by atoms with van der Waals surface area (Å²) in [6, 6.07) is 5.21. The summed E-state index contributed by atoms with van der Waals surface area (Å²) in [7, 11) is 1.61. The molecule has 1 atom stereocenters. The average Bonchev–Trinajstić information content (AvgIpc) is 2.62. The normalized spacial score (nSPS) is 13.3. The fourth-order valence-electron chi connectivity index (χ4n) is 2.48. The van der Waals surface area contributed by atoms with E-state index in [4.69, 9.17) is 25.8 Å². The topological polar surface area (TPSA) is 56.8 Å². The van der Waals surface area contributed by atoms with E-state index in [0.717, 1.165) is 25.7 Å². The van der Waals surface area contributed by atoms with Gasteiger partial charge in [-0.25, -0.2) is 0 Å². The van der Waals surface area contributed by atoms with Crippen molar-refractivity contribution in [2.45, 2.75) is 58.5 Å². The number of methoxy groups -OCH3 is 1. The molecule has 148 valence electrons. The van der Waals surface area contributed by atoms with Crippen LogP contribution in [0.5, 0.6) is 5.75 Å². The van der Waals surface area contributed by atoms with Crippen LogP contribution in [0.15, 0.2) is 18.2 Å². The van der Waals surface area contributed by atoms with E-state index in [1.54, 1.807) is 25.3 Å². The first kappa shape index (κ1) is 22.7. The summed E-state index contributed by atoms with van der Waals surface area (Å²) in [4.78, 5) is 12.8. The second-order valence-electron chi connectivity index (χ2n) is 6.48. The molecule has 1 aromatic rings. The van der Waals surface area contributed by atoms with Crippen LogP contribution in [-0.4, -0.2) is 38.4 Å². The summed E-state index contributed by atoms with van der Waals surface area (Å²) < 4.78 is 16.4. The molecular formula is C20H32ClNO4.